The van der Waals surface area contributed by atoms with E-state index >= 15 is 0 Å². The molecule has 0 aromatic heterocycles. The lowest BCUT2D eigenvalue weighted by Crippen LogP contribution is -2.39. The Morgan fingerprint density at radius 2 is 2.25 bits per heavy atom. The summed E-state index contributed by atoms with van der Waals surface area (Å²) in [5.41, 5.74) is 0. The fourth-order valence-electron chi connectivity index (χ4n) is 2.12. The van der Waals surface area contributed by atoms with E-state index in [9.17, 15) is 0 Å². The van der Waals surface area contributed by atoms with Gasteiger partial charge in [-0.05, 0) is 31.8 Å². The van der Waals surface area contributed by atoms with Crippen LogP contribution >= 0.6 is 0 Å². The van der Waals surface area contributed by atoms with Crippen molar-refractivity contribution in [1.29, 1.82) is 0 Å². The van der Waals surface area contributed by atoms with E-state index in [0.29, 0.717) is 12.0 Å². The van der Waals surface area contributed by atoms with Crippen molar-refractivity contribution in [3.63, 3.8) is 0 Å². The summed E-state index contributed by atoms with van der Waals surface area (Å²) in [7, 11) is 0. The summed E-state index contributed by atoms with van der Waals surface area (Å²) in [4.78, 5) is 2.49. The van der Waals surface area contributed by atoms with E-state index in [2.05, 4.69) is 31.0 Å². The predicted octanol–water partition coefficient (Wildman–Crippen LogP) is 1.73. The van der Waals surface area contributed by atoms with E-state index in [4.69, 9.17) is 4.74 Å². The molecule has 1 saturated heterocycles. The summed E-state index contributed by atoms with van der Waals surface area (Å²) in [5.74, 6) is 0.645. The lowest BCUT2D eigenvalue weighted by atomic mass is 10.2. The average Bonchev–Trinajstić information content (AvgIpc) is 2.75. The molecule has 0 aromatic rings. The summed E-state index contributed by atoms with van der Waals surface area (Å²) in [5, 5.41) is 3.55. The first-order chi connectivity index (χ1) is 7.72. The molecule has 1 heterocycles. The second-order valence-electron chi connectivity index (χ2n) is 5.16. The molecule has 1 fully saturated rings. The van der Waals surface area contributed by atoms with Crippen molar-refractivity contribution in [2.45, 2.75) is 39.7 Å². The molecule has 3 heteroatoms. The van der Waals surface area contributed by atoms with Crippen LogP contribution in [-0.2, 0) is 4.74 Å². The smallest absolute Gasteiger partial charge is 0.0593 e. The Morgan fingerprint density at radius 1 is 1.44 bits per heavy atom. The van der Waals surface area contributed by atoms with E-state index in [-0.39, 0.29) is 0 Å². The maximum Gasteiger partial charge on any atom is 0.0593 e. The van der Waals surface area contributed by atoms with Gasteiger partial charge in [0.15, 0.2) is 0 Å². The van der Waals surface area contributed by atoms with Crippen LogP contribution in [0.3, 0.4) is 0 Å². The molecule has 1 atom stereocenters. The highest BCUT2D eigenvalue weighted by molar-refractivity contribution is 4.77. The van der Waals surface area contributed by atoms with Gasteiger partial charge in [0.2, 0.25) is 0 Å². The summed E-state index contributed by atoms with van der Waals surface area (Å²) in [6.07, 6.45) is 2.68. The van der Waals surface area contributed by atoms with Crippen molar-refractivity contribution in [2.75, 3.05) is 39.4 Å². The van der Waals surface area contributed by atoms with Gasteiger partial charge in [0, 0.05) is 25.7 Å². The van der Waals surface area contributed by atoms with E-state index in [1.54, 1.807) is 0 Å². The first-order valence-corrected chi connectivity index (χ1v) is 6.75. The molecule has 1 rings (SSSR count). The van der Waals surface area contributed by atoms with Crippen LogP contribution in [0.25, 0.3) is 0 Å². The Morgan fingerprint density at radius 3 is 2.81 bits per heavy atom. The van der Waals surface area contributed by atoms with Crippen molar-refractivity contribution in [2.24, 2.45) is 5.92 Å². The van der Waals surface area contributed by atoms with Gasteiger partial charge in [-0.25, -0.2) is 0 Å². The lowest BCUT2D eigenvalue weighted by molar-refractivity contribution is 0.0846. The summed E-state index contributed by atoms with van der Waals surface area (Å²) < 4.78 is 5.63. The van der Waals surface area contributed by atoms with Gasteiger partial charge in [-0.2, -0.15) is 0 Å². The predicted molar refractivity (Wildman–Crippen MR) is 68.8 cm³/mol. The topological polar surface area (TPSA) is 24.5 Å². The van der Waals surface area contributed by atoms with Crippen LogP contribution in [0, 0.1) is 5.92 Å². The molecule has 1 aliphatic heterocycles. The summed E-state index contributed by atoms with van der Waals surface area (Å²) in [6.45, 7) is 13.0. The molecule has 0 amide bonds. The molecule has 0 saturated carbocycles. The van der Waals surface area contributed by atoms with Crippen molar-refractivity contribution in [1.82, 2.24) is 10.2 Å². The highest BCUT2D eigenvalue weighted by Gasteiger charge is 2.16. The minimum atomic E-state index is 0.645. The van der Waals surface area contributed by atoms with Gasteiger partial charge in [-0.15, -0.1) is 0 Å². The SMILES string of the molecule is CCN(CCOCC(C)C)CC1CCCN1. The Labute approximate surface area is 101 Å². The van der Waals surface area contributed by atoms with Gasteiger partial charge < -0.3 is 10.1 Å². The molecule has 1 N–H and O–H groups in total. The first-order valence-electron chi connectivity index (χ1n) is 6.75. The standard InChI is InChI=1S/C13H28N2O/c1-4-15(8-9-16-11-12(2)3)10-13-6-5-7-14-13/h12-14H,4-11H2,1-3H3. The summed E-state index contributed by atoms with van der Waals surface area (Å²) in [6, 6.07) is 0.713. The number of ether oxygens (including phenoxy) is 1. The fraction of sp³-hybridized carbons (Fsp3) is 1.00. The van der Waals surface area contributed by atoms with Gasteiger partial charge in [-0.1, -0.05) is 20.8 Å². The number of rotatable bonds is 8. The number of nitrogens with zero attached hydrogens (tertiary/aromatic N) is 1. The highest BCUT2D eigenvalue weighted by atomic mass is 16.5. The molecule has 16 heavy (non-hydrogen) atoms. The molecular formula is C13H28N2O. The zero-order valence-corrected chi connectivity index (χ0v) is 11.2. The maximum atomic E-state index is 5.63. The largest absolute Gasteiger partial charge is 0.380 e. The molecule has 1 unspecified atom stereocenters. The van der Waals surface area contributed by atoms with Crippen LogP contribution in [-0.4, -0.2) is 50.3 Å². The number of nitrogens with one attached hydrogen (secondary N) is 1. The Hall–Kier alpha value is -0.120. The van der Waals surface area contributed by atoms with Gasteiger partial charge in [0.05, 0.1) is 6.61 Å². The van der Waals surface area contributed by atoms with Gasteiger partial charge in [-0.3, -0.25) is 4.90 Å². The molecule has 1 aliphatic rings. The van der Waals surface area contributed by atoms with E-state index in [0.717, 1.165) is 26.3 Å². The van der Waals surface area contributed by atoms with Crippen LogP contribution in [0.15, 0.2) is 0 Å². The Kier molecular flexibility index (Phi) is 7.01. The minimum absolute atomic E-state index is 0.645. The van der Waals surface area contributed by atoms with Gasteiger partial charge >= 0.3 is 0 Å². The normalized spacial score (nSPS) is 21.2. The molecule has 0 bridgehead atoms. The number of hydrogen-bond donors (Lipinski definition) is 1. The first kappa shape index (κ1) is 13.9. The summed E-state index contributed by atoms with van der Waals surface area (Å²) >= 11 is 0. The third-order valence-corrected chi connectivity index (χ3v) is 3.09. The molecule has 0 aromatic carbocycles. The second-order valence-corrected chi connectivity index (χ2v) is 5.16. The van der Waals surface area contributed by atoms with Crippen LogP contribution < -0.4 is 5.32 Å². The highest BCUT2D eigenvalue weighted by Crippen LogP contribution is 2.06. The van der Waals surface area contributed by atoms with Crippen LogP contribution in [0.5, 0.6) is 0 Å². The van der Waals surface area contributed by atoms with Crippen LogP contribution in [0.1, 0.15) is 33.6 Å². The second kappa shape index (κ2) is 8.04. The van der Waals surface area contributed by atoms with E-state index < -0.39 is 0 Å². The van der Waals surface area contributed by atoms with E-state index in [1.165, 1.54) is 25.9 Å². The quantitative estimate of drug-likeness (QED) is 0.640. The molecule has 0 spiro atoms. The average molecular weight is 228 g/mol. The monoisotopic (exact) mass is 228 g/mol. The molecule has 0 radical (unpaired) electrons. The zero-order chi connectivity index (χ0) is 11.8. The Bertz CT molecular complexity index is 167. The van der Waals surface area contributed by atoms with E-state index in [1.807, 2.05) is 0 Å². The van der Waals surface area contributed by atoms with Crippen LogP contribution in [0.2, 0.25) is 0 Å². The van der Waals surface area contributed by atoms with Crippen molar-refractivity contribution >= 4 is 0 Å². The van der Waals surface area contributed by atoms with Crippen molar-refractivity contribution in [3.8, 4) is 0 Å². The third-order valence-electron chi connectivity index (χ3n) is 3.09. The number of hydrogen-bond acceptors (Lipinski definition) is 3. The third kappa shape index (κ3) is 5.83. The molecule has 3 nitrogen and oxygen atoms in total. The molecule has 0 aliphatic carbocycles. The van der Waals surface area contributed by atoms with Crippen LogP contribution in [0.4, 0.5) is 0 Å². The molecule has 96 valence electrons. The lowest BCUT2D eigenvalue weighted by Gasteiger charge is -2.24. The maximum absolute atomic E-state index is 5.63. The minimum Gasteiger partial charge on any atom is -0.380 e. The zero-order valence-electron chi connectivity index (χ0n) is 11.2. The van der Waals surface area contributed by atoms with Crippen molar-refractivity contribution < 1.29 is 4.74 Å². The van der Waals surface area contributed by atoms with Gasteiger partial charge in [0.25, 0.3) is 0 Å². The number of likely N-dealkylation sites (N-methyl/N-ethyl adjacent to an activating group) is 1. The molecular weight excluding hydrogens is 200 g/mol. The van der Waals surface area contributed by atoms with Gasteiger partial charge in [0.1, 0.15) is 0 Å². The van der Waals surface area contributed by atoms with Crippen molar-refractivity contribution in [3.05, 3.63) is 0 Å². The Balaban J connectivity index is 2.06. The fourth-order valence-corrected chi connectivity index (χ4v) is 2.12.